The number of halogens is 2. The van der Waals surface area contributed by atoms with E-state index in [1.54, 1.807) is 0 Å². The van der Waals surface area contributed by atoms with Gasteiger partial charge in [-0.2, -0.15) is 0 Å². The number of H-pyrrole nitrogens is 1. The molecule has 3 aromatic rings. The number of nitrogens with zero attached hydrogens (tertiary/aromatic N) is 1. The number of nitrogens with one attached hydrogen (secondary N) is 1. The van der Waals surface area contributed by atoms with Gasteiger partial charge in [-0.15, -0.1) is 0 Å². The Morgan fingerprint density at radius 1 is 1.14 bits per heavy atom. The Morgan fingerprint density at radius 2 is 1.86 bits per heavy atom. The van der Waals surface area contributed by atoms with Crippen LogP contribution >= 0.6 is 0 Å². The molecule has 1 aliphatic rings. The van der Waals surface area contributed by atoms with Crippen LogP contribution in [-0.2, 0) is 10.0 Å². The van der Waals surface area contributed by atoms with E-state index in [0.717, 1.165) is 24.3 Å². The number of carbonyl (C=O) groups excluding carboxylic acids is 1. The van der Waals surface area contributed by atoms with E-state index in [9.17, 15) is 26.8 Å². The molecule has 0 aliphatic carbocycles. The Balaban J connectivity index is 1.87. The highest BCUT2D eigenvalue weighted by Gasteiger charge is 2.32. The van der Waals surface area contributed by atoms with Gasteiger partial charge >= 0.3 is 0 Å². The molecule has 3 N–H and O–H groups in total. The molecule has 1 atom stereocenters. The van der Waals surface area contributed by atoms with Crippen molar-refractivity contribution in [1.29, 1.82) is 0 Å². The molecule has 0 radical (unpaired) electrons. The molecule has 2 heterocycles. The number of pyridine rings is 1. The number of nitrogens with two attached hydrogens (primary N) is 1. The molecule has 1 fully saturated rings. The lowest BCUT2D eigenvalue weighted by molar-refractivity contribution is 0.0728. The minimum atomic E-state index is -3.83. The van der Waals surface area contributed by atoms with Crippen LogP contribution in [0.2, 0.25) is 0 Å². The molecule has 1 aromatic heterocycles. The summed E-state index contributed by atoms with van der Waals surface area (Å²) >= 11 is 0. The van der Waals surface area contributed by atoms with Crippen LogP contribution in [0.5, 0.6) is 0 Å². The normalized spacial score (nSPS) is 17.8. The van der Waals surface area contributed by atoms with E-state index in [0.29, 0.717) is 18.4 Å². The Labute approximate surface area is 164 Å². The van der Waals surface area contributed by atoms with Crippen LogP contribution in [0.15, 0.2) is 35.1 Å². The number of sulfonamides is 1. The number of hydrogen-bond donors (Lipinski definition) is 2. The number of carbonyl (C=O) groups is 1. The fourth-order valence-electron chi connectivity index (χ4n) is 3.74. The number of benzene rings is 2. The van der Waals surface area contributed by atoms with Crippen molar-refractivity contribution in [3.63, 3.8) is 0 Å². The lowest BCUT2D eigenvalue weighted by Crippen LogP contribution is -2.47. The Kier molecular flexibility index (Phi) is 4.62. The molecule has 2 aromatic carbocycles. The fourth-order valence-corrected chi connectivity index (χ4v) is 4.63. The number of primary sulfonamides is 1. The minimum Gasteiger partial charge on any atom is -0.354 e. The van der Waals surface area contributed by atoms with Gasteiger partial charge in [0.25, 0.3) is 5.91 Å². The molecule has 1 aliphatic heterocycles. The maximum atomic E-state index is 14.2. The van der Waals surface area contributed by atoms with Crippen LogP contribution < -0.4 is 10.6 Å². The molecule has 1 saturated heterocycles. The second-order valence-corrected chi connectivity index (χ2v) is 8.97. The summed E-state index contributed by atoms with van der Waals surface area (Å²) in [6.07, 6.45) is 0.762. The number of rotatable bonds is 2. The van der Waals surface area contributed by atoms with Crippen molar-refractivity contribution in [1.82, 2.24) is 9.88 Å². The highest BCUT2D eigenvalue weighted by atomic mass is 32.2. The second kappa shape index (κ2) is 6.89. The number of aromatic amines is 1. The fraction of sp³-hybridized carbons (Fsp3) is 0.263. The van der Waals surface area contributed by atoms with Crippen LogP contribution in [0.1, 0.15) is 23.2 Å². The number of amides is 1. The molecule has 152 valence electrons. The van der Waals surface area contributed by atoms with Crippen molar-refractivity contribution in [3.05, 3.63) is 57.8 Å². The summed E-state index contributed by atoms with van der Waals surface area (Å²) in [5.74, 6) is -2.03. The van der Waals surface area contributed by atoms with Gasteiger partial charge in [0.05, 0.1) is 16.3 Å². The molecule has 4 rings (SSSR count). The number of likely N-dealkylation sites (tertiary alicyclic amines) is 1. The predicted molar refractivity (Wildman–Crippen MR) is 104 cm³/mol. The minimum absolute atomic E-state index is 0.0359. The summed E-state index contributed by atoms with van der Waals surface area (Å²) in [4.78, 5) is 30.0. The van der Waals surface area contributed by atoms with Crippen molar-refractivity contribution >= 4 is 37.7 Å². The molecule has 0 bridgehead atoms. The SMILES string of the molecule is NS(=O)(=O)C1CCCN(C(=O)c2cc(F)cc3c(=O)c4cc(F)ccc4[nH]c23)C1. The zero-order chi connectivity index (χ0) is 20.9. The van der Waals surface area contributed by atoms with Crippen LogP contribution in [0.4, 0.5) is 8.78 Å². The zero-order valence-electron chi connectivity index (χ0n) is 15.1. The smallest absolute Gasteiger partial charge is 0.256 e. The summed E-state index contributed by atoms with van der Waals surface area (Å²) in [5, 5.41) is 4.26. The Morgan fingerprint density at radius 3 is 2.59 bits per heavy atom. The quantitative estimate of drug-likeness (QED) is 0.615. The van der Waals surface area contributed by atoms with Crippen molar-refractivity contribution in [2.75, 3.05) is 13.1 Å². The van der Waals surface area contributed by atoms with E-state index in [2.05, 4.69) is 4.98 Å². The third-order valence-electron chi connectivity index (χ3n) is 5.19. The Hall–Kier alpha value is -2.85. The largest absolute Gasteiger partial charge is 0.354 e. The van der Waals surface area contributed by atoms with Gasteiger partial charge in [-0.25, -0.2) is 22.3 Å². The lowest BCUT2D eigenvalue weighted by Gasteiger charge is -2.31. The van der Waals surface area contributed by atoms with E-state index in [4.69, 9.17) is 5.14 Å². The second-order valence-electron chi connectivity index (χ2n) is 7.12. The van der Waals surface area contributed by atoms with Gasteiger partial charge in [-0.05, 0) is 43.2 Å². The zero-order valence-corrected chi connectivity index (χ0v) is 15.9. The summed E-state index contributed by atoms with van der Waals surface area (Å²) < 4.78 is 51.1. The van der Waals surface area contributed by atoms with Gasteiger partial charge in [0, 0.05) is 29.4 Å². The maximum Gasteiger partial charge on any atom is 0.256 e. The molecule has 10 heteroatoms. The molecule has 7 nitrogen and oxygen atoms in total. The van der Waals surface area contributed by atoms with E-state index in [1.807, 2.05) is 0 Å². The van der Waals surface area contributed by atoms with E-state index in [1.165, 1.54) is 11.0 Å². The topological polar surface area (TPSA) is 113 Å². The third-order valence-corrected chi connectivity index (χ3v) is 6.51. The van der Waals surface area contributed by atoms with Crippen LogP contribution in [0, 0.1) is 11.6 Å². The molecular weight excluding hydrogens is 404 g/mol. The average Bonchev–Trinajstić information content (AvgIpc) is 2.68. The van der Waals surface area contributed by atoms with E-state index < -0.39 is 38.2 Å². The van der Waals surface area contributed by atoms with Crippen LogP contribution in [0.25, 0.3) is 21.8 Å². The van der Waals surface area contributed by atoms with E-state index >= 15 is 0 Å². The third kappa shape index (κ3) is 3.49. The van der Waals surface area contributed by atoms with Crippen molar-refractivity contribution in [3.8, 4) is 0 Å². The molecule has 29 heavy (non-hydrogen) atoms. The predicted octanol–water partition coefficient (Wildman–Crippen LogP) is 1.85. The van der Waals surface area contributed by atoms with Gasteiger partial charge in [-0.3, -0.25) is 9.59 Å². The summed E-state index contributed by atoms with van der Waals surface area (Å²) in [5.41, 5.74) is -0.301. The monoisotopic (exact) mass is 421 g/mol. The summed E-state index contributed by atoms with van der Waals surface area (Å²) in [6, 6.07) is 5.55. The number of fused-ring (bicyclic) bond motifs is 2. The van der Waals surface area contributed by atoms with Crippen molar-refractivity contribution in [2.45, 2.75) is 18.1 Å². The van der Waals surface area contributed by atoms with Gasteiger partial charge in [-0.1, -0.05) is 0 Å². The first-order chi connectivity index (χ1) is 13.6. The highest BCUT2D eigenvalue weighted by Crippen LogP contribution is 2.24. The summed E-state index contributed by atoms with van der Waals surface area (Å²) in [6.45, 7) is 0.171. The first-order valence-electron chi connectivity index (χ1n) is 8.91. The first-order valence-corrected chi connectivity index (χ1v) is 10.5. The average molecular weight is 421 g/mol. The standard InChI is InChI=1S/C19H17F2N3O4S/c20-10-3-4-16-13(6-10)18(25)14-7-11(21)8-15(17(14)23-16)19(26)24-5-1-2-12(9-24)29(22,27)28/h3-4,6-8,12H,1-2,5,9H2,(H,23,25)(H2,22,27,28). The van der Waals surface area contributed by atoms with Crippen LogP contribution in [-0.4, -0.2) is 42.5 Å². The molecular formula is C19H17F2N3O4S. The van der Waals surface area contributed by atoms with Gasteiger partial charge in [0.1, 0.15) is 11.6 Å². The van der Waals surface area contributed by atoms with Gasteiger partial charge in [0.15, 0.2) is 5.43 Å². The van der Waals surface area contributed by atoms with Crippen molar-refractivity contribution in [2.24, 2.45) is 5.14 Å². The Bertz CT molecular complexity index is 1320. The maximum absolute atomic E-state index is 14.2. The van der Waals surface area contributed by atoms with Crippen molar-refractivity contribution < 1.29 is 22.0 Å². The van der Waals surface area contributed by atoms with Gasteiger partial charge < -0.3 is 9.88 Å². The lowest BCUT2D eigenvalue weighted by atomic mass is 10.0. The molecule has 0 saturated carbocycles. The van der Waals surface area contributed by atoms with E-state index in [-0.39, 0.29) is 34.9 Å². The molecule has 1 amide bonds. The first kappa shape index (κ1) is 19.5. The number of aromatic nitrogens is 1. The summed E-state index contributed by atoms with van der Waals surface area (Å²) in [7, 11) is -3.83. The molecule has 0 spiro atoms. The molecule has 1 unspecified atom stereocenters. The number of hydrogen-bond acceptors (Lipinski definition) is 4. The van der Waals surface area contributed by atoms with Crippen LogP contribution in [0.3, 0.4) is 0 Å². The highest BCUT2D eigenvalue weighted by molar-refractivity contribution is 7.89. The van der Waals surface area contributed by atoms with Gasteiger partial charge in [0.2, 0.25) is 10.0 Å². The number of piperidine rings is 1.